The van der Waals surface area contributed by atoms with Crippen LogP contribution in [-0.4, -0.2) is 25.2 Å². The topological polar surface area (TPSA) is 37.4 Å². The minimum absolute atomic E-state index is 0.255. The maximum Gasteiger partial charge on any atom is 0.142 e. The molecule has 0 fully saturated rings. The van der Waals surface area contributed by atoms with Crippen LogP contribution in [0.2, 0.25) is 0 Å². The predicted octanol–water partition coefficient (Wildman–Crippen LogP) is 3.28. The Morgan fingerprint density at radius 3 is 2.95 bits per heavy atom. The number of nitrogens with one attached hydrogen (secondary N) is 1. The third-order valence-electron chi connectivity index (χ3n) is 3.91. The fraction of sp³-hybridized carbons (Fsp3) is 0.353. The molecule has 2 heterocycles. The lowest BCUT2D eigenvalue weighted by atomic mass is 10.1. The molecule has 1 aromatic carbocycles. The van der Waals surface area contributed by atoms with Crippen LogP contribution in [0.25, 0.3) is 0 Å². The third kappa shape index (κ3) is 2.72. The molecule has 1 aliphatic rings. The highest BCUT2D eigenvalue weighted by atomic mass is 16.5. The summed E-state index contributed by atoms with van der Waals surface area (Å²) < 4.78 is 5.84. The first-order chi connectivity index (χ1) is 10.3. The molecule has 3 rings (SSSR count). The number of rotatable bonds is 3. The van der Waals surface area contributed by atoms with E-state index in [1.54, 1.807) is 0 Å². The minimum Gasteiger partial charge on any atom is -0.491 e. The molecule has 110 valence electrons. The smallest absolute Gasteiger partial charge is 0.142 e. The number of fused-ring (bicyclic) bond motifs is 1. The van der Waals surface area contributed by atoms with Crippen molar-refractivity contribution >= 4 is 11.5 Å². The average Bonchev–Trinajstić information content (AvgIpc) is 2.76. The first-order valence-electron chi connectivity index (χ1n) is 7.43. The van der Waals surface area contributed by atoms with E-state index in [0.29, 0.717) is 0 Å². The Balaban J connectivity index is 2.08. The van der Waals surface area contributed by atoms with Gasteiger partial charge in [0.15, 0.2) is 0 Å². The molecule has 0 saturated carbocycles. The average molecular weight is 283 g/mol. The lowest BCUT2D eigenvalue weighted by Crippen LogP contribution is -2.23. The molecule has 0 radical (unpaired) electrons. The fourth-order valence-corrected chi connectivity index (χ4v) is 2.68. The van der Waals surface area contributed by atoms with Crippen LogP contribution < -0.4 is 15.0 Å². The summed E-state index contributed by atoms with van der Waals surface area (Å²) in [6, 6.07) is 12.6. The summed E-state index contributed by atoms with van der Waals surface area (Å²) in [6.45, 7) is 3.81. The Labute approximate surface area is 125 Å². The molecule has 1 unspecified atom stereocenters. The van der Waals surface area contributed by atoms with E-state index in [-0.39, 0.29) is 6.04 Å². The third-order valence-corrected chi connectivity index (χ3v) is 3.91. The number of hydrogen-bond acceptors (Lipinski definition) is 4. The van der Waals surface area contributed by atoms with Crippen molar-refractivity contribution in [1.29, 1.82) is 0 Å². The van der Waals surface area contributed by atoms with Crippen molar-refractivity contribution in [1.82, 2.24) is 10.3 Å². The van der Waals surface area contributed by atoms with E-state index in [9.17, 15) is 0 Å². The van der Waals surface area contributed by atoms with Gasteiger partial charge in [0, 0.05) is 24.3 Å². The summed E-state index contributed by atoms with van der Waals surface area (Å²) in [5.41, 5.74) is 2.30. The number of ether oxygens (including phenoxy) is 1. The molecule has 0 aliphatic carbocycles. The second-order valence-corrected chi connectivity index (χ2v) is 5.25. The van der Waals surface area contributed by atoms with Crippen LogP contribution in [0.1, 0.15) is 24.9 Å². The molecule has 1 aliphatic heterocycles. The molecule has 1 N–H and O–H groups in total. The number of aromatic nitrogens is 1. The Kier molecular flexibility index (Phi) is 4.06. The summed E-state index contributed by atoms with van der Waals surface area (Å²) >= 11 is 0. The van der Waals surface area contributed by atoms with Crippen LogP contribution >= 0.6 is 0 Å². The largest absolute Gasteiger partial charge is 0.491 e. The van der Waals surface area contributed by atoms with Gasteiger partial charge in [0.2, 0.25) is 0 Å². The first kappa shape index (κ1) is 13.9. The summed E-state index contributed by atoms with van der Waals surface area (Å²) in [4.78, 5) is 6.91. The van der Waals surface area contributed by atoms with Gasteiger partial charge in [-0.1, -0.05) is 18.2 Å². The quantitative estimate of drug-likeness (QED) is 0.938. The number of nitrogens with zero attached hydrogens (tertiary/aromatic N) is 2. The lowest BCUT2D eigenvalue weighted by molar-refractivity contribution is 0.322. The molecular weight excluding hydrogens is 262 g/mol. The zero-order valence-electron chi connectivity index (χ0n) is 12.5. The van der Waals surface area contributed by atoms with E-state index in [2.05, 4.69) is 34.3 Å². The normalized spacial score (nSPS) is 15.8. The highest BCUT2D eigenvalue weighted by molar-refractivity contribution is 5.69. The van der Waals surface area contributed by atoms with Crippen molar-refractivity contribution in [3.05, 3.63) is 48.2 Å². The van der Waals surface area contributed by atoms with Crippen molar-refractivity contribution in [2.75, 3.05) is 25.1 Å². The van der Waals surface area contributed by atoms with Gasteiger partial charge in [-0.25, -0.2) is 4.98 Å². The predicted molar refractivity (Wildman–Crippen MR) is 85.3 cm³/mol. The highest BCUT2D eigenvalue weighted by Gasteiger charge is 2.22. The van der Waals surface area contributed by atoms with E-state index < -0.39 is 0 Å². The molecule has 0 saturated heterocycles. The van der Waals surface area contributed by atoms with Crippen molar-refractivity contribution in [2.45, 2.75) is 19.4 Å². The van der Waals surface area contributed by atoms with Crippen LogP contribution in [0, 0.1) is 0 Å². The lowest BCUT2D eigenvalue weighted by Gasteiger charge is -2.26. The van der Waals surface area contributed by atoms with Gasteiger partial charge in [-0.3, -0.25) is 0 Å². The molecule has 1 atom stereocenters. The van der Waals surface area contributed by atoms with Gasteiger partial charge in [-0.2, -0.15) is 0 Å². The van der Waals surface area contributed by atoms with Crippen LogP contribution in [-0.2, 0) is 0 Å². The molecule has 0 spiro atoms. The van der Waals surface area contributed by atoms with Gasteiger partial charge in [0.1, 0.15) is 11.6 Å². The van der Waals surface area contributed by atoms with Gasteiger partial charge >= 0.3 is 0 Å². The van der Waals surface area contributed by atoms with E-state index in [0.717, 1.165) is 36.8 Å². The van der Waals surface area contributed by atoms with Crippen molar-refractivity contribution < 1.29 is 4.74 Å². The highest BCUT2D eigenvalue weighted by Crippen LogP contribution is 2.37. The Morgan fingerprint density at radius 2 is 2.10 bits per heavy atom. The van der Waals surface area contributed by atoms with Crippen LogP contribution in [0.15, 0.2) is 42.6 Å². The summed E-state index contributed by atoms with van der Waals surface area (Å²) in [6.07, 6.45) is 2.84. The Hall–Kier alpha value is -2.07. The zero-order valence-corrected chi connectivity index (χ0v) is 12.5. The number of para-hydroxylation sites is 2. The first-order valence-corrected chi connectivity index (χ1v) is 7.43. The van der Waals surface area contributed by atoms with Gasteiger partial charge in [0.25, 0.3) is 0 Å². The molecule has 2 aromatic rings. The number of benzene rings is 1. The second-order valence-electron chi connectivity index (χ2n) is 5.25. The fourth-order valence-electron chi connectivity index (χ4n) is 2.68. The van der Waals surface area contributed by atoms with Crippen molar-refractivity contribution in [3.8, 4) is 5.75 Å². The van der Waals surface area contributed by atoms with Gasteiger partial charge in [-0.05, 0) is 38.6 Å². The summed E-state index contributed by atoms with van der Waals surface area (Å²) in [5, 5.41) is 3.30. The van der Waals surface area contributed by atoms with Crippen LogP contribution in [0.3, 0.4) is 0 Å². The summed E-state index contributed by atoms with van der Waals surface area (Å²) in [7, 11) is 1.97. The maximum absolute atomic E-state index is 5.84. The summed E-state index contributed by atoms with van der Waals surface area (Å²) in [5.74, 6) is 1.95. The molecule has 4 nitrogen and oxygen atoms in total. The minimum atomic E-state index is 0.255. The monoisotopic (exact) mass is 283 g/mol. The number of pyridine rings is 1. The SMILES string of the molecule is CNC(C)c1cccnc1N1CCCOc2ccccc21. The maximum atomic E-state index is 5.84. The Bertz CT molecular complexity index is 614. The molecule has 0 bridgehead atoms. The van der Waals surface area contributed by atoms with Crippen molar-refractivity contribution in [2.24, 2.45) is 0 Å². The molecule has 4 heteroatoms. The van der Waals surface area contributed by atoms with Crippen LogP contribution in [0.4, 0.5) is 11.5 Å². The van der Waals surface area contributed by atoms with E-state index in [1.807, 2.05) is 37.5 Å². The van der Waals surface area contributed by atoms with E-state index >= 15 is 0 Å². The van der Waals surface area contributed by atoms with Gasteiger partial charge in [-0.15, -0.1) is 0 Å². The molecular formula is C17H21N3O. The van der Waals surface area contributed by atoms with Gasteiger partial charge in [0.05, 0.1) is 12.3 Å². The number of anilines is 2. The standard InChI is InChI=1S/C17H21N3O/c1-13(18-2)14-7-5-10-19-17(14)20-11-6-12-21-16-9-4-3-8-15(16)20/h3-5,7-10,13,18H,6,11-12H2,1-2H3. The molecule has 1 aromatic heterocycles. The number of hydrogen-bond donors (Lipinski definition) is 1. The van der Waals surface area contributed by atoms with Gasteiger partial charge < -0.3 is 15.0 Å². The Morgan fingerprint density at radius 1 is 1.24 bits per heavy atom. The molecule has 21 heavy (non-hydrogen) atoms. The van der Waals surface area contributed by atoms with Crippen molar-refractivity contribution in [3.63, 3.8) is 0 Å². The van der Waals surface area contributed by atoms with E-state index in [1.165, 1.54) is 5.56 Å². The van der Waals surface area contributed by atoms with E-state index in [4.69, 9.17) is 4.74 Å². The second kappa shape index (κ2) is 6.14. The molecule has 0 amide bonds. The zero-order chi connectivity index (χ0) is 14.7. The van der Waals surface area contributed by atoms with Crippen LogP contribution in [0.5, 0.6) is 5.75 Å².